The lowest BCUT2D eigenvalue weighted by molar-refractivity contribution is -0.384. The number of nitrogens with one attached hydrogen (secondary N) is 1. The van der Waals surface area contributed by atoms with Gasteiger partial charge in [0.1, 0.15) is 0 Å². The largest absolute Gasteiger partial charge is 0.301 e. The summed E-state index contributed by atoms with van der Waals surface area (Å²) in [5, 5.41) is 25.1. The quantitative estimate of drug-likeness (QED) is 0.156. The fourth-order valence-corrected chi connectivity index (χ4v) is 4.53. The zero-order valence-corrected chi connectivity index (χ0v) is 20.2. The number of hydrogen-bond acceptors (Lipinski definition) is 7. The van der Waals surface area contributed by atoms with Crippen molar-refractivity contribution in [2.45, 2.75) is 13.8 Å². The summed E-state index contributed by atoms with van der Waals surface area (Å²) in [6.07, 6.45) is 0. The molecule has 0 aliphatic rings. The number of hydrogen-bond donors (Lipinski definition) is 1. The molecule has 0 atom stereocenters. The van der Waals surface area contributed by atoms with Gasteiger partial charge < -0.3 is 0 Å². The van der Waals surface area contributed by atoms with Crippen LogP contribution in [0, 0.1) is 24.0 Å². The Bertz CT molecular complexity index is 1650. The first-order valence-electron chi connectivity index (χ1n) is 11.0. The molecule has 0 aliphatic heterocycles. The van der Waals surface area contributed by atoms with Crippen LogP contribution in [0.15, 0.2) is 93.2 Å². The lowest BCUT2D eigenvalue weighted by atomic mass is 10.1. The minimum atomic E-state index is -0.473. The van der Waals surface area contributed by atoms with Gasteiger partial charge in [-0.05, 0) is 37.6 Å². The van der Waals surface area contributed by atoms with Crippen LogP contribution >= 0.6 is 11.3 Å². The Morgan fingerprint density at radius 3 is 2.42 bits per heavy atom. The first kappa shape index (κ1) is 23.1. The average Bonchev–Trinajstić information content (AvgIpc) is 3.49. The number of thiazole rings is 1. The molecule has 0 fully saturated rings. The van der Waals surface area contributed by atoms with Crippen molar-refractivity contribution in [1.82, 2.24) is 14.8 Å². The van der Waals surface area contributed by atoms with E-state index in [4.69, 9.17) is 0 Å². The summed E-state index contributed by atoms with van der Waals surface area (Å²) in [7, 11) is 0. The lowest BCUT2D eigenvalue weighted by Gasteiger charge is -2.01. The number of azo groups is 1. The number of nitro groups is 1. The van der Waals surface area contributed by atoms with Gasteiger partial charge in [-0.25, -0.2) is 4.98 Å². The third-order valence-electron chi connectivity index (χ3n) is 5.60. The Balaban J connectivity index is 1.62. The summed E-state index contributed by atoms with van der Waals surface area (Å²) in [4.78, 5) is 28.7. The number of aromatic nitrogens is 3. The van der Waals surface area contributed by atoms with Crippen molar-refractivity contribution in [3.8, 4) is 27.6 Å². The van der Waals surface area contributed by atoms with Gasteiger partial charge in [-0.15, -0.1) is 16.5 Å². The van der Waals surface area contributed by atoms with Gasteiger partial charge in [-0.2, -0.15) is 9.80 Å². The predicted molar refractivity (Wildman–Crippen MR) is 140 cm³/mol. The molecule has 1 N–H and O–H groups in total. The Morgan fingerprint density at radius 1 is 0.972 bits per heavy atom. The highest BCUT2D eigenvalue weighted by atomic mass is 32.1. The summed E-state index contributed by atoms with van der Waals surface area (Å²) in [6.45, 7) is 3.91. The van der Waals surface area contributed by atoms with E-state index in [1.54, 1.807) is 12.1 Å². The van der Waals surface area contributed by atoms with Gasteiger partial charge in [-0.3, -0.25) is 20.0 Å². The number of H-pyrrole nitrogens is 1. The van der Waals surface area contributed by atoms with Crippen LogP contribution in [0.2, 0.25) is 0 Å². The molecule has 0 bridgehead atoms. The summed E-state index contributed by atoms with van der Waals surface area (Å²) in [5.74, 6) is 0. The molecule has 2 aromatic heterocycles. The van der Waals surface area contributed by atoms with Crippen LogP contribution in [0.5, 0.6) is 0 Å². The Morgan fingerprint density at radius 2 is 1.72 bits per heavy atom. The lowest BCUT2D eigenvalue weighted by Crippen LogP contribution is -2.13. The van der Waals surface area contributed by atoms with Crippen molar-refractivity contribution in [3.05, 3.63) is 110 Å². The Labute approximate surface area is 209 Å². The number of benzene rings is 3. The van der Waals surface area contributed by atoms with Crippen molar-refractivity contribution in [3.63, 3.8) is 0 Å². The molecule has 36 heavy (non-hydrogen) atoms. The predicted octanol–water partition coefficient (Wildman–Crippen LogP) is 6.90. The molecule has 2 heterocycles. The fourth-order valence-electron chi connectivity index (χ4n) is 3.74. The van der Waals surface area contributed by atoms with E-state index in [1.165, 1.54) is 28.2 Å². The number of aryl methyl sites for hydroxylation is 2. The molecule has 178 valence electrons. The molecule has 0 spiro atoms. The van der Waals surface area contributed by atoms with Crippen LogP contribution in [0.25, 0.3) is 27.6 Å². The van der Waals surface area contributed by atoms with Crippen LogP contribution < -0.4 is 5.56 Å². The minimum Gasteiger partial charge on any atom is -0.286 e. The van der Waals surface area contributed by atoms with Gasteiger partial charge in [0.2, 0.25) is 5.13 Å². The SMILES string of the molecule is Cc1ccc(N=Nc2c(-c3ccc([N+](=O)[O-])cc3)[nH]n(-c3nc(-c4ccccc4)cs3)c2=O)c(C)c1. The summed E-state index contributed by atoms with van der Waals surface area (Å²) < 4.78 is 1.32. The zero-order valence-electron chi connectivity index (χ0n) is 19.4. The highest BCUT2D eigenvalue weighted by Crippen LogP contribution is 2.31. The third-order valence-corrected chi connectivity index (χ3v) is 6.42. The minimum absolute atomic E-state index is 0.0496. The van der Waals surface area contributed by atoms with Gasteiger partial charge >= 0.3 is 5.56 Å². The van der Waals surface area contributed by atoms with Crippen LogP contribution in [-0.4, -0.2) is 19.7 Å². The molecule has 5 aromatic rings. The summed E-state index contributed by atoms with van der Waals surface area (Å²) >= 11 is 1.31. The molecule has 0 saturated heterocycles. The molecule has 5 rings (SSSR count). The van der Waals surface area contributed by atoms with Gasteiger partial charge in [0.25, 0.3) is 5.69 Å². The van der Waals surface area contributed by atoms with E-state index in [1.807, 2.05) is 67.8 Å². The van der Waals surface area contributed by atoms with Crippen molar-refractivity contribution < 1.29 is 4.92 Å². The van der Waals surface area contributed by atoms with E-state index < -0.39 is 10.5 Å². The molecular weight excluding hydrogens is 476 g/mol. The van der Waals surface area contributed by atoms with Gasteiger partial charge in [0.15, 0.2) is 5.69 Å². The van der Waals surface area contributed by atoms with Gasteiger partial charge in [-0.1, -0.05) is 48.0 Å². The maximum Gasteiger partial charge on any atom is 0.301 e. The zero-order chi connectivity index (χ0) is 25.2. The number of nitrogens with zero attached hydrogens (tertiary/aromatic N) is 5. The summed E-state index contributed by atoms with van der Waals surface area (Å²) in [5.41, 5.74) is 4.91. The number of nitro benzene ring substituents is 1. The number of non-ortho nitro benzene ring substituents is 1. The molecule has 0 amide bonds. The van der Waals surface area contributed by atoms with Crippen LogP contribution in [0.1, 0.15) is 11.1 Å². The van der Waals surface area contributed by atoms with Crippen molar-refractivity contribution in [2.75, 3.05) is 0 Å². The first-order valence-corrected chi connectivity index (χ1v) is 11.9. The fraction of sp³-hybridized carbons (Fsp3) is 0.0769. The molecule has 9 nitrogen and oxygen atoms in total. The molecule has 0 aliphatic carbocycles. The van der Waals surface area contributed by atoms with E-state index in [9.17, 15) is 14.9 Å². The molecular formula is C26H20N6O3S. The Kier molecular flexibility index (Phi) is 6.09. The normalized spacial score (nSPS) is 11.3. The molecule has 0 radical (unpaired) electrons. The smallest absolute Gasteiger partial charge is 0.286 e. The Hall–Kier alpha value is -4.70. The monoisotopic (exact) mass is 496 g/mol. The van der Waals surface area contributed by atoms with E-state index in [2.05, 4.69) is 20.3 Å². The first-order chi connectivity index (χ1) is 17.4. The maximum atomic E-state index is 13.5. The maximum absolute atomic E-state index is 13.5. The molecule has 10 heteroatoms. The second kappa shape index (κ2) is 9.51. The van der Waals surface area contributed by atoms with Crippen LogP contribution in [0.4, 0.5) is 17.1 Å². The van der Waals surface area contributed by atoms with E-state index in [0.717, 1.165) is 22.4 Å². The van der Waals surface area contributed by atoms with Gasteiger partial charge in [0, 0.05) is 28.6 Å². The van der Waals surface area contributed by atoms with Gasteiger partial charge in [0.05, 0.1) is 22.0 Å². The molecule has 0 saturated carbocycles. The standard InChI is InChI=1S/C26H20N6O3S/c1-16-8-13-21(17(2)14-16)28-29-24-23(19-9-11-20(12-10-19)32(34)35)30-31(25(24)33)26-27-22(15-36-26)18-6-4-3-5-7-18/h3-15,30H,1-2H3. The van der Waals surface area contributed by atoms with Crippen molar-refractivity contribution in [1.29, 1.82) is 0 Å². The molecule has 3 aromatic carbocycles. The second-order valence-electron chi connectivity index (χ2n) is 8.15. The highest BCUT2D eigenvalue weighted by molar-refractivity contribution is 7.12. The van der Waals surface area contributed by atoms with E-state index >= 15 is 0 Å². The number of rotatable bonds is 6. The highest BCUT2D eigenvalue weighted by Gasteiger charge is 2.20. The van der Waals surface area contributed by atoms with E-state index in [0.29, 0.717) is 22.1 Å². The van der Waals surface area contributed by atoms with Crippen molar-refractivity contribution >= 4 is 28.4 Å². The second-order valence-corrected chi connectivity index (χ2v) is 8.99. The average molecular weight is 497 g/mol. The van der Waals surface area contributed by atoms with Crippen molar-refractivity contribution in [2.24, 2.45) is 10.2 Å². The van der Waals surface area contributed by atoms with Crippen LogP contribution in [-0.2, 0) is 0 Å². The number of aromatic amines is 1. The van der Waals surface area contributed by atoms with E-state index in [-0.39, 0.29) is 11.4 Å². The third kappa shape index (κ3) is 4.49. The topological polar surface area (TPSA) is 119 Å². The summed E-state index contributed by atoms with van der Waals surface area (Å²) in [6, 6.07) is 21.3. The van der Waals surface area contributed by atoms with Crippen LogP contribution in [0.3, 0.4) is 0 Å². The molecule has 0 unspecified atom stereocenters.